The Bertz CT molecular complexity index is 1880. The standard InChI is InChI=1S/C48H60O15/c1-30-23-59-47(41(53)44(57-26-33-19-11-5-12-20-33)42(30)55-24-31-15-7-3-8-16-31)62-35-28-60-46(40(52)39(51)37(35)49)63-36-29-61-48(54-2)45(58-27-34-21-13-6-14-22-34)43(38(36)50)56-25-32-17-9-4-10-18-32/h3-22,30,35-53H,23-29H2,1-2H3. The molecule has 0 aromatic heterocycles. The fraction of sp³-hybridized carbons (Fsp3) is 0.500. The lowest BCUT2D eigenvalue weighted by Crippen LogP contribution is -2.53. The third kappa shape index (κ3) is 12.6. The van der Waals surface area contributed by atoms with Gasteiger partial charge >= 0.3 is 0 Å². The van der Waals surface area contributed by atoms with E-state index in [1.807, 2.05) is 128 Å². The Balaban J connectivity index is 1.05. The first-order chi connectivity index (χ1) is 30.7. The molecule has 0 aliphatic carbocycles. The third-order valence-electron chi connectivity index (χ3n) is 11.5. The van der Waals surface area contributed by atoms with Gasteiger partial charge in [-0.25, -0.2) is 0 Å². The van der Waals surface area contributed by atoms with Gasteiger partial charge in [-0.3, -0.25) is 0 Å². The number of aliphatic hydroxyl groups is 5. The van der Waals surface area contributed by atoms with Crippen molar-refractivity contribution in [2.75, 3.05) is 26.9 Å². The Morgan fingerprint density at radius 1 is 0.413 bits per heavy atom. The van der Waals surface area contributed by atoms with Crippen LogP contribution in [0, 0.1) is 5.92 Å². The van der Waals surface area contributed by atoms with Crippen molar-refractivity contribution in [1.82, 2.24) is 0 Å². The summed E-state index contributed by atoms with van der Waals surface area (Å²) >= 11 is 0. The highest BCUT2D eigenvalue weighted by molar-refractivity contribution is 5.16. The number of aliphatic hydroxyl groups excluding tert-OH is 5. The smallest absolute Gasteiger partial charge is 0.186 e. The van der Waals surface area contributed by atoms with Crippen molar-refractivity contribution in [3.8, 4) is 0 Å². The molecule has 0 spiro atoms. The average molecular weight is 877 g/mol. The highest BCUT2D eigenvalue weighted by Crippen LogP contribution is 2.32. The van der Waals surface area contributed by atoms with Gasteiger partial charge in [-0.05, 0) is 22.3 Å². The minimum absolute atomic E-state index is 0.0958. The molecule has 342 valence electrons. The molecule has 7 rings (SSSR count). The molecule has 0 bridgehead atoms. The van der Waals surface area contributed by atoms with Crippen molar-refractivity contribution < 1.29 is 72.9 Å². The Labute approximate surface area is 367 Å². The summed E-state index contributed by atoms with van der Waals surface area (Å²) in [5, 5.41) is 58.0. The molecule has 0 saturated carbocycles. The molecule has 15 nitrogen and oxygen atoms in total. The van der Waals surface area contributed by atoms with Crippen LogP contribution in [0.5, 0.6) is 0 Å². The second-order valence-electron chi connectivity index (χ2n) is 16.2. The summed E-state index contributed by atoms with van der Waals surface area (Å²) in [6.45, 7) is 2.03. The van der Waals surface area contributed by atoms with E-state index in [1.54, 1.807) is 0 Å². The van der Waals surface area contributed by atoms with E-state index in [2.05, 4.69) is 0 Å². The lowest BCUT2D eigenvalue weighted by Gasteiger charge is -2.34. The lowest BCUT2D eigenvalue weighted by molar-refractivity contribution is -0.267. The molecule has 15 atom stereocenters. The van der Waals surface area contributed by atoms with Crippen molar-refractivity contribution in [1.29, 1.82) is 0 Å². The Morgan fingerprint density at radius 2 is 0.778 bits per heavy atom. The minimum Gasteiger partial charge on any atom is -0.387 e. The molecule has 15 unspecified atom stereocenters. The molecular weight excluding hydrogens is 817 g/mol. The molecule has 4 aromatic rings. The van der Waals surface area contributed by atoms with Crippen LogP contribution in [0.1, 0.15) is 29.2 Å². The molecule has 3 fully saturated rings. The molecule has 0 radical (unpaired) electrons. The van der Waals surface area contributed by atoms with Crippen molar-refractivity contribution in [2.45, 2.75) is 119 Å². The molecule has 63 heavy (non-hydrogen) atoms. The van der Waals surface area contributed by atoms with E-state index in [1.165, 1.54) is 7.11 Å². The van der Waals surface area contributed by atoms with E-state index in [9.17, 15) is 25.5 Å². The number of ether oxygens (including phenoxy) is 10. The van der Waals surface area contributed by atoms with Crippen molar-refractivity contribution in [3.05, 3.63) is 144 Å². The van der Waals surface area contributed by atoms with Gasteiger partial charge in [0.15, 0.2) is 18.9 Å². The molecule has 0 amide bonds. The van der Waals surface area contributed by atoms with Gasteiger partial charge in [0.25, 0.3) is 0 Å². The summed E-state index contributed by atoms with van der Waals surface area (Å²) in [5.41, 5.74) is 3.54. The molecule has 3 aliphatic rings. The summed E-state index contributed by atoms with van der Waals surface area (Å²) in [5.74, 6) is -0.270. The molecule has 15 heteroatoms. The molecule has 3 heterocycles. The van der Waals surface area contributed by atoms with Crippen LogP contribution < -0.4 is 0 Å². The van der Waals surface area contributed by atoms with Crippen molar-refractivity contribution >= 4 is 0 Å². The van der Waals surface area contributed by atoms with Gasteiger partial charge in [0, 0.05) is 13.0 Å². The maximum absolute atomic E-state index is 12.0. The van der Waals surface area contributed by atoms with Gasteiger partial charge < -0.3 is 72.9 Å². The predicted octanol–water partition coefficient (Wildman–Crippen LogP) is 3.25. The Hall–Kier alpha value is -3.72. The quantitative estimate of drug-likeness (QED) is 0.104. The van der Waals surface area contributed by atoms with Crippen LogP contribution in [0.25, 0.3) is 0 Å². The van der Waals surface area contributed by atoms with Crippen LogP contribution in [0.2, 0.25) is 0 Å². The minimum atomic E-state index is -1.86. The summed E-state index contributed by atoms with van der Waals surface area (Å²) in [7, 11) is 1.45. The third-order valence-corrected chi connectivity index (χ3v) is 11.5. The van der Waals surface area contributed by atoms with Gasteiger partial charge in [-0.15, -0.1) is 0 Å². The van der Waals surface area contributed by atoms with Gasteiger partial charge in [-0.2, -0.15) is 0 Å². The predicted molar refractivity (Wildman–Crippen MR) is 225 cm³/mol. The van der Waals surface area contributed by atoms with Crippen molar-refractivity contribution in [3.63, 3.8) is 0 Å². The monoisotopic (exact) mass is 876 g/mol. The van der Waals surface area contributed by atoms with Crippen LogP contribution in [0.3, 0.4) is 0 Å². The maximum atomic E-state index is 12.0. The number of hydrogen-bond donors (Lipinski definition) is 5. The van der Waals surface area contributed by atoms with Gasteiger partial charge in [0.2, 0.25) is 0 Å². The topological polar surface area (TPSA) is 193 Å². The van der Waals surface area contributed by atoms with Crippen molar-refractivity contribution in [2.24, 2.45) is 5.92 Å². The van der Waals surface area contributed by atoms with E-state index in [0.717, 1.165) is 22.3 Å². The maximum Gasteiger partial charge on any atom is 0.186 e. The highest BCUT2D eigenvalue weighted by atomic mass is 16.7. The van der Waals surface area contributed by atoms with E-state index in [0.29, 0.717) is 0 Å². The number of benzene rings is 4. The second kappa shape index (κ2) is 23.5. The van der Waals surface area contributed by atoms with Crippen LogP contribution in [-0.2, 0) is 73.8 Å². The van der Waals surface area contributed by atoms with Gasteiger partial charge in [0.05, 0.1) is 52.4 Å². The van der Waals surface area contributed by atoms with Crippen LogP contribution in [0.4, 0.5) is 0 Å². The van der Waals surface area contributed by atoms with Gasteiger partial charge in [-0.1, -0.05) is 128 Å². The summed E-state index contributed by atoms with van der Waals surface area (Å²) in [6, 6.07) is 38.0. The Kier molecular flexibility index (Phi) is 17.6. The number of methoxy groups -OCH3 is 1. The molecule has 3 saturated heterocycles. The SMILES string of the molecule is COC1OCC(OC2OCC(OC3OCC(C)C(OCc4ccccc4)C(OCc4ccccc4)C3O)C(O)C(O)C2O)C(O)C(OCc2ccccc2)C1OCc1ccccc1. The lowest BCUT2D eigenvalue weighted by atomic mass is 9.97. The van der Waals surface area contributed by atoms with Crippen LogP contribution in [-0.4, -0.2) is 138 Å². The molecule has 4 aromatic carbocycles. The zero-order valence-corrected chi connectivity index (χ0v) is 35.5. The summed E-state index contributed by atoms with van der Waals surface area (Å²) < 4.78 is 61.8. The van der Waals surface area contributed by atoms with Crippen LogP contribution >= 0.6 is 0 Å². The first-order valence-corrected chi connectivity index (χ1v) is 21.4. The van der Waals surface area contributed by atoms with E-state index >= 15 is 0 Å². The van der Waals surface area contributed by atoms with E-state index in [4.69, 9.17) is 47.4 Å². The van der Waals surface area contributed by atoms with E-state index in [-0.39, 0.29) is 45.6 Å². The fourth-order valence-corrected chi connectivity index (χ4v) is 7.94. The molecule has 5 N–H and O–H groups in total. The fourth-order valence-electron chi connectivity index (χ4n) is 7.94. The highest BCUT2D eigenvalue weighted by Gasteiger charge is 2.50. The van der Waals surface area contributed by atoms with Gasteiger partial charge in [0.1, 0.15) is 61.0 Å². The number of hydrogen-bond acceptors (Lipinski definition) is 15. The summed E-state index contributed by atoms with van der Waals surface area (Å²) in [4.78, 5) is 0. The zero-order chi connectivity index (χ0) is 44.1. The summed E-state index contributed by atoms with van der Waals surface area (Å²) in [6.07, 6.45) is -18.4. The largest absolute Gasteiger partial charge is 0.387 e. The van der Waals surface area contributed by atoms with Crippen LogP contribution in [0.15, 0.2) is 121 Å². The normalized spacial score (nSPS) is 34.1. The first kappa shape index (κ1) is 47.2. The zero-order valence-electron chi connectivity index (χ0n) is 35.5. The second-order valence-corrected chi connectivity index (χ2v) is 16.2. The first-order valence-electron chi connectivity index (χ1n) is 21.4. The molecule has 3 aliphatic heterocycles. The van der Waals surface area contributed by atoms with E-state index < -0.39 is 92.6 Å². The average Bonchev–Trinajstić information content (AvgIpc) is 3.57. The molecular formula is C48H60O15. The Morgan fingerprint density at radius 3 is 1.24 bits per heavy atom. The number of rotatable bonds is 17.